The Kier molecular flexibility index (Phi) is 3.39. The fourth-order valence-corrected chi connectivity index (χ4v) is 2.50. The summed E-state index contributed by atoms with van der Waals surface area (Å²) in [5.74, 6) is -1.16. The Labute approximate surface area is 106 Å². The number of aliphatic hydroxyl groups excluding tert-OH is 1. The van der Waals surface area contributed by atoms with Crippen molar-refractivity contribution in [1.82, 2.24) is 4.90 Å². The average Bonchev–Trinajstić information content (AvgIpc) is 2.88. The third-order valence-electron chi connectivity index (χ3n) is 3.36. The van der Waals surface area contributed by atoms with Gasteiger partial charge in [-0.15, -0.1) is 0 Å². The third kappa shape index (κ3) is 2.00. The predicted molar refractivity (Wildman–Crippen MR) is 63.0 cm³/mol. The van der Waals surface area contributed by atoms with Gasteiger partial charge in [-0.2, -0.15) is 5.26 Å². The van der Waals surface area contributed by atoms with Crippen LogP contribution in [0, 0.1) is 23.2 Å². The van der Waals surface area contributed by atoms with Crippen LogP contribution in [0.4, 0.5) is 0 Å². The number of amides is 1. The summed E-state index contributed by atoms with van der Waals surface area (Å²) >= 11 is 0. The van der Waals surface area contributed by atoms with Crippen molar-refractivity contribution in [3.8, 4) is 6.07 Å². The normalized spacial score (nSPS) is 27.8. The van der Waals surface area contributed by atoms with E-state index in [0.29, 0.717) is 6.54 Å². The van der Waals surface area contributed by atoms with E-state index in [1.165, 1.54) is 0 Å². The Morgan fingerprint density at radius 3 is 2.83 bits per heavy atom. The van der Waals surface area contributed by atoms with E-state index in [2.05, 4.69) is 0 Å². The number of hydrogen-bond donors (Lipinski definition) is 1. The highest BCUT2D eigenvalue weighted by molar-refractivity contribution is 5.85. The lowest BCUT2D eigenvalue weighted by Gasteiger charge is -2.28. The van der Waals surface area contributed by atoms with Crippen molar-refractivity contribution in [3.63, 3.8) is 0 Å². The van der Waals surface area contributed by atoms with Gasteiger partial charge in [0, 0.05) is 12.1 Å². The second-order valence-electron chi connectivity index (χ2n) is 4.93. The lowest BCUT2D eigenvalue weighted by molar-refractivity contribution is -0.131. The number of furan rings is 1. The van der Waals surface area contributed by atoms with Crippen LogP contribution in [-0.4, -0.2) is 28.1 Å². The van der Waals surface area contributed by atoms with Crippen LogP contribution in [-0.2, 0) is 11.3 Å². The highest BCUT2D eigenvalue weighted by atomic mass is 16.3. The number of carbonyl (C=O) groups excluding carboxylic acids is 1. The Morgan fingerprint density at radius 1 is 1.61 bits per heavy atom. The molecule has 0 spiro atoms. The molecule has 0 aliphatic carbocycles. The zero-order valence-corrected chi connectivity index (χ0v) is 10.4. The van der Waals surface area contributed by atoms with Gasteiger partial charge in [-0.05, 0) is 12.0 Å². The number of carbonyl (C=O) groups is 1. The van der Waals surface area contributed by atoms with Crippen molar-refractivity contribution in [3.05, 3.63) is 24.2 Å². The summed E-state index contributed by atoms with van der Waals surface area (Å²) in [6.07, 6.45) is 2.18. The van der Waals surface area contributed by atoms with E-state index in [1.54, 1.807) is 23.5 Å². The van der Waals surface area contributed by atoms with E-state index < -0.39 is 12.0 Å². The van der Waals surface area contributed by atoms with E-state index in [0.717, 1.165) is 5.56 Å². The van der Waals surface area contributed by atoms with Gasteiger partial charge < -0.3 is 14.4 Å². The molecular weight excluding hydrogens is 232 g/mol. The third-order valence-corrected chi connectivity index (χ3v) is 3.36. The first-order chi connectivity index (χ1) is 8.56. The van der Waals surface area contributed by atoms with Gasteiger partial charge in [0.1, 0.15) is 0 Å². The Morgan fingerprint density at radius 2 is 2.33 bits per heavy atom. The number of rotatable bonds is 3. The SMILES string of the molecule is CC(C)C1C(O)C(C#N)C(=O)N1Cc1ccoc1. The molecule has 5 nitrogen and oxygen atoms in total. The minimum absolute atomic E-state index is 0.0919. The molecule has 3 atom stereocenters. The molecular formula is C13H16N2O3. The van der Waals surface area contributed by atoms with Gasteiger partial charge in [-0.25, -0.2) is 0 Å². The van der Waals surface area contributed by atoms with Crippen LogP contribution in [0.25, 0.3) is 0 Å². The van der Waals surface area contributed by atoms with Crippen LogP contribution in [0.5, 0.6) is 0 Å². The van der Waals surface area contributed by atoms with E-state index in [1.807, 2.05) is 19.9 Å². The molecule has 1 aromatic rings. The first-order valence-electron chi connectivity index (χ1n) is 5.95. The van der Waals surface area contributed by atoms with Gasteiger partial charge >= 0.3 is 0 Å². The Bertz CT molecular complexity index is 461. The van der Waals surface area contributed by atoms with Gasteiger partial charge in [0.05, 0.1) is 30.7 Å². The van der Waals surface area contributed by atoms with Crippen molar-refractivity contribution < 1.29 is 14.3 Å². The van der Waals surface area contributed by atoms with Crippen molar-refractivity contribution >= 4 is 5.91 Å². The average molecular weight is 248 g/mol. The van der Waals surface area contributed by atoms with Gasteiger partial charge in [0.25, 0.3) is 0 Å². The minimum atomic E-state index is -0.954. The second-order valence-corrected chi connectivity index (χ2v) is 4.93. The maximum Gasteiger partial charge on any atom is 0.243 e. The number of nitrogens with zero attached hydrogens (tertiary/aromatic N) is 2. The molecule has 3 unspecified atom stereocenters. The summed E-state index contributed by atoms with van der Waals surface area (Å²) in [7, 11) is 0. The molecule has 0 radical (unpaired) electrons. The molecule has 1 amide bonds. The fraction of sp³-hybridized carbons (Fsp3) is 0.538. The monoisotopic (exact) mass is 248 g/mol. The smallest absolute Gasteiger partial charge is 0.243 e. The standard InChI is InChI=1S/C13H16N2O3/c1-8(2)11-12(16)10(5-14)13(17)15(11)6-9-3-4-18-7-9/h3-4,7-8,10-12,16H,6H2,1-2H3. The molecule has 1 saturated heterocycles. The molecule has 2 rings (SSSR count). The van der Waals surface area contributed by atoms with Crippen molar-refractivity contribution in [2.24, 2.45) is 11.8 Å². The highest BCUT2D eigenvalue weighted by Gasteiger charge is 2.48. The zero-order chi connectivity index (χ0) is 13.3. The maximum absolute atomic E-state index is 12.1. The highest BCUT2D eigenvalue weighted by Crippen LogP contribution is 2.31. The molecule has 0 saturated carbocycles. The predicted octanol–water partition coefficient (Wildman–Crippen LogP) is 1.15. The van der Waals surface area contributed by atoms with Crippen LogP contribution in [0.3, 0.4) is 0 Å². The number of aliphatic hydroxyl groups is 1. The van der Waals surface area contributed by atoms with Gasteiger partial charge in [0.15, 0.2) is 5.92 Å². The quantitative estimate of drug-likeness (QED) is 0.870. The second kappa shape index (κ2) is 4.83. The minimum Gasteiger partial charge on any atom is -0.472 e. The molecule has 0 aromatic carbocycles. The number of likely N-dealkylation sites (tertiary alicyclic amines) is 1. The van der Waals surface area contributed by atoms with E-state index in [9.17, 15) is 9.90 Å². The van der Waals surface area contributed by atoms with Crippen LogP contribution in [0.15, 0.2) is 23.0 Å². The summed E-state index contributed by atoms with van der Waals surface area (Å²) in [5.41, 5.74) is 0.861. The van der Waals surface area contributed by atoms with Gasteiger partial charge in [-0.1, -0.05) is 13.8 Å². The van der Waals surface area contributed by atoms with Crippen LogP contribution in [0.1, 0.15) is 19.4 Å². The number of hydrogen-bond acceptors (Lipinski definition) is 4. The largest absolute Gasteiger partial charge is 0.472 e. The summed E-state index contributed by atoms with van der Waals surface area (Å²) < 4.78 is 4.97. The van der Waals surface area contributed by atoms with Gasteiger partial charge in [-0.3, -0.25) is 4.79 Å². The molecule has 1 aliphatic heterocycles. The number of nitriles is 1. The molecule has 1 aliphatic rings. The van der Waals surface area contributed by atoms with E-state index in [4.69, 9.17) is 9.68 Å². The Hall–Kier alpha value is -1.80. The summed E-state index contributed by atoms with van der Waals surface area (Å²) in [4.78, 5) is 13.7. The molecule has 2 heterocycles. The van der Waals surface area contributed by atoms with Crippen LogP contribution in [0.2, 0.25) is 0 Å². The van der Waals surface area contributed by atoms with E-state index >= 15 is 0 Å². The van der Waals surface area contributed by atoms with Gasteiger partial charge in [0.2, 0.25) is 5.91 Å². The van der Waals surface area contributed by atoms with Crippen molar-refractivity contribution in [2.45, 2.75) is 32.5 Å². The summed E-state index contributed by atoms with van der Waals surface area (Å²) in [6, 6.07) is 3.35. The lowest BCUT2D eigenvalue weighted by Crippen LogP contribution is -2.40. The first kappa shape index (κ1) is 12.7. The molecule has 96 valence electrons. The molecule has 1 N–H and O–H groups in total. The maximum atomic E-state index is 12.1. The molecule has 1 fully saturated rings. The Balaban J connectivity index is 2.26. The lowest BCUT2D eigenvalue weighted by atomic mass is 9.95. The topological polar surface area (TPSA) is 77.5 Å². The summed E-state index contributed by atoms with van der Waals surface area (Å²) in [5, 5.41) is 19.1. The van der Waals surface area contributed by atoms with Crippen LogP contribution >= 0.6 is 0 Å². The molecule has 1 aromatic heterocycles. The van der Waals surface area contributed by atoms with E-state index in [-0.39, 0.29) is 17.9 Å². The van der Waals surface area contributed by atoms with Crippen molar-refractivity contribution in [1.29, 1.82) is 5.26 Å². The summed E-state index contributed by atoms with van der Waals surface area (Å²) in [6.45, 7) is 4.24. The van der Waals surface area contributed by atoms with Crippen molar-refractivity contribution in [2.75, 3.05) is 0 Å². The first-order valence-corrected chi connectivity index (χ1v) is 5.95. The molecule has 18 heavy (non-hydrogen) atoms. The molecule has 0 bridgehead atoms. The molecule has 5 heteroatoms. The van der Waals surface area contributed by atoms with Crippen LogP contribution < -0.4 is 0 Å². The fourth-order valence-electron chi connectivity index (χ4n) is 2.50. The zero-order valence-electron chi connectivity index (χ0n) is 10.4.